The van der Waals surface area contributed by atoms with E-state index in [1.54, 1.807) is 0 Å². The number of hydrogen-bond acceptors (Lipinski definition) is 2. The number of furan rings is 2. The van der Waals surface area contributed by atoms with E-state index in [0.29, 0.717) is 0 Å². The zero-order valence-electron chi connectivity index (χ0n) is 22.8. The Bertz CT molecular complexity index is 2670. The van der Waals surface area contributed by atoms with E-state index in [4.69, 9.17) is 8.83 Å². The standard InChI is InChI=1S/C38H21N2O2P/c1-2-10-22(11-3-1)43(31-20-39-35-25(31)14-8-16-27(35)33-23-12-4-6-18-29(23)41-37(33)39)32-21-40-36-26(32)15-9-17-28(36)34-24-13-5-7-19-30(24)42-38(34)40/h1-21H. The highest BCUT2D eigenvalue weighted by Gasteiger charge is 2.29. The van der Waals surface area contributed by atoms with Gasteiger partial charge in [-0.05, 0) is 25.4 Å². The van der Waals surface area contributed by atoms with E-state index in [1.807, 2.05) is 12.1 Å². The average Bonchev–Trinajstić information content (AvgIpc) is 3.88. The first-order valence-electron chi connectivity index (χ1n) is 14.5. The summed E-state index contributed by atoms with van der Waals surface area (Å²) in [4.78, 5) is 0. The van der Waals surface area contributed by atoms with Crippen molar-refractivity contribution in [1.29, 1.82) is 0 Å². The molecular weight excluding hydrogens is 547 g/mol. The summed E-state index contributed by atoms with van der Waals surface area (Å²) in [6, 6.07) is 41.1. The molecule has 43 heavy (non-hydrogen) atoms. The second-order valence-electron chi connectivity index (χ2n) is 11.4. The van der Waals surface area contributed by atoms with Crippen molar-refractivity contribution in [2.24, 2.45) is 0 Å². The molecule has 0 aliphatic heterocycles. The van der Waals surface area contributed by atoms with Crippen molar-refractivity contribution in [3.8, 4) is 0 Å². The number of benzene rings is 5. The van der Waals surface area contributed by atoms with E-state index in [-0.39, 0.29) is 0 Å². The molecule has 11 aromatic rings. The summed E-state index contributed by atoms with van der Waals surface area (Å²) in [5, 5.41) is 13.7. The van der Waals surface area contributed by atoms with Crippen LogP contribution in [0.15, 0.2) is 136 Å². The molecule has 0 spiro atoms. The summed E-state index contributed by atoms with van der Waals surface area (Å²) < 4.78 is 17.6. The van der Waals surface area contributed by atoms with Crippen molar-refractivity contribution in [1.82, 2.24) is 8.80 Å². The maximum atomic E-state index is 6.51. The number of aromatic nitrogens is 2. The number of hydrogen-bond donors (Lipinski definition) is 0. The van der Waals surface area contributed by atoms with Gasteiger partial charge in [0.2, 0.25) is 11.4 Å². The molecule has 0 fully saturated rings. The van der Waals surface area contributed by atoms with Crippen LogP contribution in [0.5, 0.6) is 0 Å². The first-order chi connectivity index (χ1) is 21.3. The summed E-state index contributed by atoms with van der Waals surface area (Å²) in [5.74, 6) is 0. The fourth-order valence-corrected chi connectivity index (χ4v) is 10.1. The van der Waals surface area contributed by atoms with Crippen molar-refractivity contribution in [3.05, 3.63) is 128 Å². The monoisotopic (exact) mass is 568 g/mol. The Morgan fingerprint density at radius 1 is 0.419 bits per heavy atom. The van der Waals surface area contributed by atoms with Gasteiger partial charge in [-0.1, -0.05) is 103 Å². The number of fused-ring (bicyclic) bond motifs is 10. The van der Waals surface area contributed by atoms with Gasteiger partial charge in [-0.2, -0.15) is 0 Å². The van der Waals surface area contributed by atoms with E-state index in [9.17, 15) is 0 Å². The molecule has 11 rings (SSSR count). The molecule has 5 aromatic carbocycles. The quantitative estimate of drug-likeness (QED) is 0.200. The molecule has 0 aliphatic carbocycles. The van der Waals surface area contributed by atoms with E-state index in [1.165, 1.54) is 70.0 Å². The summed E-state index contributed by atoms with van der Waals surface area (Å²) in [6.07, 6.45) is 4.68. The van der Waals surface area contributed by atoms with Gasteiger partial charge in [0.05, 0.1) is 21.8 Å². The van der Waals surface area contributed by atoms with Crippen LogP contribution in [0.4, 0.5) is 0 Å². The maximum absolute atomic E-state index is 6.51. The van der Waals surface area contributed by atoms with Crippen LogP contribution in [0.25, 0.3) is 76.7 Å². The second kappa shape index (κ2) is 7.74. The van der Waals surface area contributed by atoms with Gasteiger partial charge >= 0.3 is 0 Å². The van der Waals surface area contributed by atoms with Crippen LogP contribution in [0.2, 0.25) is 0 Å². The van der Waals surface area contributed by atoms with Crippen molar-refractivity contribution in [2.75, 3.05) is 0 Å². The van der Waals surface area contributed by atoms with Crippen molar-refractivity contribution >= 4 is 101 Å². The summed E-state index contributed by atoms with van der Waals surface area (Å²) in [7, 11) is -0.912. The van der Waals surface area contributed by atoms with Gasteiger partial charge in [0.1, 0.15) is 11.2 Å². The SMILES string of the molecule is c1ccc(P(c2cn3c4oc5ccccc5c4c4cccc2c43)c2cn3c4oc5ccccc5c4c4cccc2c43)cc1. The highest BCUT2D eigenvalue weighted by molar-refractivity contribution is 7.80. The van der Waals surface area contributed by atoms with Gasteiger partial charge in [-0.25, -0.2) is 0 Å². The normalized spacial score (nSPS) is 12.9. The van der Waals surface area contributed by atoms with Crippen molar-refractivity contribution < 1.29 is 8.83 Å². The third kappa shape index (κ3) is 2.67. The van der Waals surface area contributed by atoms with Crippen LogP contribution in [-0.4, -0.2) is 8.80 Å². The van der Waals surface area contributed by atoms with Crippen molar-refractivity contribution in [3.63, 3.8) is 0 Å². The average molecular weight is 569 g/mol. The lowest BCUT2D eigenvalue weighted by atomic mass is 10.1. The predicted octanol–water partition coefficient (Wildman–Crippen LogP) is 8.93. The molecule has 0 aliphatic rings. The second-order valence-corrected chi connectivity index (χ2v) is 13.6. The van der Waals surface area contributed by atoms with Gasteiger partial charge in [-0.15, -0.1) is 0 Å². The summed E-state index contributed by atoms with van der Waals surface area (Å²) in [6.45, 7) is 0. The van der Waals surface area contributed by atoms with Crippen LogP contribution in [-0.2, 0) is 0 Å². The zero-order valence-corrected chi connectivity index (χ0v) is 23.7. The molecule has 0 saturated heterocycles. The molecule has 5 heteroatoms. The number of rotatable bonds is 3. The number of para-hydroxylation sites is 4. The minimum Gasteiger partial charge on any atom is -0.439 e. The third-order valence-corrected chi connectivity index (χ3v) is 11.7. The Morgan fingerprint density at radius 3 is 1.40 bits per heavy atom. The summed E-state index contributed by atoms with van der Waals surface area (Å²) >= 11 is 0. The van der Waals surface area contributed by atoms with E-state index in [0.717, 1.165) is 22.6 Å². The number of nitrogens with zero attached hydrogens (tertiary/aromatic N) is 2. The molecule has 0 atom stereocenters. The lowest BCUT2D eigenvalue weighted by Crippen LogP contribution is -2.20. The predicted molar refractivity (Wildman–Crippen MR) is 179 cm³/mol. The van der Waals surface area contributed by atoms with Gasteiger partial charge in [0, 0.05) is 55.3 Å². The van der Waals surface area contributed by atoms with E-state index >= 15 is 0 Å². The lowest BCUT2D eigenvalue weighted by Gasteiger charge is -2.18. The van der Waals surface area contributed by atoms with Crippen LogP contribution >= 0.6 is 7.92 Å². The Balaban J connectivity index is 1.26. The lowest BCUT2D eigenvalue weighted by molar-refractivity contribution is 0.649. The Kier molecular flexibility index (Phi) is 4.02. The fraction of sp³-hybridized carbons (Fsp3) is 0. The van der Waals surface area contributed by atoms with Gasteiger partial charge in [0.25, 0.3) is 0 Å². The first kappa shape index (κ1) is 22.3. The van der Waals surface area contributed by atoms with E-state index < -0.39 is 7.92 Å². The Labute approximate surface area is 245 Å². The third-order valence-electron chi connectivity index (χ3n) is 9.23. The topological polar surface area (TPSA) is 35.1 Å². The highest BCUT2D eigenvalue weighted by Crippen LogP contribution is 2.46. The van der Waals surface area contributed by atoms with Crippen LogP contribution in [0.3, 0.4) is 0 Å². The molecule has 0 N–H and O–H groups in total. The molecule has 6 heterocycles. The van der Waals surface area contributed by atoms with Crippen LogP contribution in [0.1, 0.15) is 0 Å². The smallest absolute Gasteiger partial charge is 0.213 e. The molecule has 0 saturated carbocycles. The Morgan fingerprint density at radius 2 is 0.860 bits per heavy atom. The van der Waals surface area contributed by atoms with Gasteiger partial charge in [0.15, 0.2) is 0 Å². The molecule has 0 amide bonds. The van der Waals surface area contributed by atoms with Crippen LogP contribution in [0, 0.1) is 0 Å². The van der Waals surface area contributed by atoms with Crippen LogP contribution < -0.4 is 15.9 Å². The molecule has 0 unspecified atom stereocenters. The molecular formula is C38H21N2O2P. The Hall–Kier alpha value is -5.31. The minimum absolute atomic E-state index is 0.912. The fourth-order valence-electron chi connectivity index (χ4n) is 7.52. The zero-order chi connectivity index (χ0) is 27.8. The van der Waals surface area contributed by atoms with Crippen molar-refractivity contribution in [2.45, 2.75) is 0 Å². The highest BCUT2D eigenvalue weighted by atomic mass is 31.1. The van der Waals surface area contributed by atoms with E-state index in [2.05, 4.69) is 124 Å². The minimum atomic E-state index is -0.912. The molecule has 4 nitrogen and oxygen atoms in total. The maximum Gasteiger partial charge on any atom is 0.213 e. The summed E-state index contributed by atoms with van der Waals surface area (Å²) in [5.41, 5.74) is 6.15. The molecule has 0 bridgehead atoms. The molecule has 0 radical (unpaired) electrons. The molecule has 200 valence electrons. The first-order valence-corrected chi connectivity index (χ1v) is 15.9. The molecule has 6 aromatic heterocycles. The van der Waals surface area contributed by atoms with Gasteiger partial charge < -0.3 is 8.83 Å². The largest absolute Gasteiger partial charge is 0.439 e. The van der Waals surface area contributed by atoms with Gasteiger partial charge in [-0.3, -0.25) is 8.80 Å².